The molecule has 106 valence electrons. The van der Waals surface area contributed by atoms with Crippen LogP contribution in [0.1, 0.15) is 18.1 Å². The largest absolute Gasteiger partial charge is 0.496 e. The Hall–Kier alpha value is -1.03. The van der Waals surface area contributed by atoms with E-state index >= 15 is 0 Å². The zero-order valence-corrected chi connectivity index (χ0v) is 13.8. The van der Waals surface area contributed by atoms with E-state index in [1.807, 2.05) is 49.4 Å². The number of hydrogen-bond acceptors (Lipinski definition) is 2. The standard InChI is InChI=1S/C16H17BrClNO/c1-16(19,13-5-3-4-6-14(13)17)10-11-9-12(18)7-8-15(11)20-2/h3-9H,10,19H2,1-2H3. The van der Waals surface area contributed by atoms with Gasteiger partial charge in [-0.15, -0.1) is 0 Å². The molecule has 0 radical (unpaired) electrons. The molecule has 2 nitrogen and oxygen atoms in total. The molecule has 0 bridgehead atoms. The second-order valence-corrected chi connectivity index (χ2v) is 6.32. The van der Waals surface area contributed by atoms with Crippen molar-refractivity contribution >= 4 is 27.5 Å². The van der Waals surface area contributed by atoms with Crippen molar-refractivity contribution in [2.45, 2.75) is 18.9 Å². The van der Waals surface area contributed by atoms with Crippen LogP contribution in [0.25, 0.3) is 0 Å². The van der Waals surface area contributed by atoms with Crippen molar-refractivity contribution in [3.05, 3.63) is 63.1 Å². The molecular formula is C16H17BrClNO. The molecule has 2 rings (SSSR count). The minimum absolute atomic E-state index is 0.516. The quantitative estimate of drug-likeness (QED) is 0.875. The fourth-order valence-electron chi connectivity index (χ4n) is 2.30. The van der Waals surface area contributed by atoms with Gasteiger partial charge in [-0.1, -0.05) is 45.7 Å². The molecule has 0 heterocycles. The molecule has 2 aromatic carbocycles. The number of nitrogens with two attached hydrogens (primary N) is 1. The van der Waals surface area contributed by atoms with E-state index in [9.17, 15) is 0 Å². The maximum atomic E-state index is 6.52. The molecule has 0 aromatic heterocycles. The molecule has 1 atom stereocenters. The van der Waals surface area contributed by atoms with Crippen molar-refractivity contribution in [1.82, 2.24) is 0 Å². The smallest absolute Gasteiger partial charge is 0.122 e. The van der Waals surface area contributed by atoms with Crippen LogP contribution in [0, 0.1) is 0 Å². The summed E-state index contributed by atoms with van der Waals surface area (Å²) in [5, 5.41) is 0.684. The van der Waals surface area contributed by atoms with E-state index in [0.29, 0.717) is 11.4 Å². The first-order chi connectivity index (χ1) is 9.44. The van der Waals surface area contributed by atoms with Gasteiger partial charge in [0.15, 0.2) is 0 Å². The molecule has 0 aliphatic rings. The number of benzene rings is 2. The number of halogens is 2. The third-order valence-electron chi connectivity index (χ3n) is 3.29. The number of hydrogen-bond donors (Lipinski definition) is 1. The Morgan fingerprint density at radius 1 is 1.25 bits per heavy atom. The Kier molecular flexibility index (Phi) is 4.74. The molecular weight excluding hydrogens is 338 g/mol. The summed E-state index contributed by atoms with van der Waals surface area (Å²) in [5.41, 5.74) is 8.06. The SMILES string of the molecule is COc1ccc(Cl)cc1CC(C)(N)c1ccccc1Br. The van der Waals surface area contributed by atoms with Crippen LogP contribution in [0.15, 0.2) is 46.9 Å². The van der Waals surface area contributed by atoms with Crippen LogP contribution in [0.5, 0.6) is 5.75 Å². The van der Waals surface area contributed by atoms with E-state index in [0.717, 1.165) is 21.3 Å². The average molecular weight is 355 g/mol. The molecule has 1 unspecified atom stereocenters. The predicted octanol–water partition coefficient (Wildman–Crippen LogP) is 4.53. The normalized spacial score (nSPS) is 13.8. The second kappa shape index (κ2) is 6.17. The first-order valence-corrected chi connectivity index (χ1v) is 7.47. The Morgan fingerprint density at radius 2 is 1.95 bits per heavy atom. The molecule has 0 fully saturated rings. The zero-order valence-electron chi connectivity index (χ0n) is 11.5. The molecule has 2 aromatic rings. The van der Waals surface area contributed by atoms with Crippen molar-refractivity contribution in [1.29, 1.82) is 0 Å². The zero-order chi connectivity index (χ0) is 14.8. The van der Waals surface area contributed by atoms with Crippen molar-refractivity contribution in [2.75, 3.05) is 7.11 Å². The monoisotopic (exact) mass is 353 g/mol. The van der Waals surface area contributed by atoms with Crippen LogP contribution < -0.4 is 10.5 Å². The average Bonchev–Trinajstić information content (AvgIpc) is 2.39. The third kappa shape index (κ3) is 3.35. The van der Waals surface area contributed by atoms with E-state index in [2.05, 4.69) is 15.9 Å². The molecule has 0 aliphatic heterocycles. The van der Waals surface area contributed by atoms with Crippen molar-refractivity contribution < 1.29 is 4.74 Å². The van der Waals surface area contributed by atoms with Gasteiger partial charge in [0.1, 0.15) is 5.75 Å². The van der Waals surface area contributed by atoms with Crippen molar-refractivity contribution in [2.24, 2.45) is 5.73 Å². The second-order valence-electron chi connectivity index (χ2n) is 5.03. The Morgan fingerprint density at radius 3 is 2.60 bits per heavy atom. The summed E-state index contributed by atoms with van der Waals surface area (Å²) in [6.07, 6.45) is 0.638. The molecule has 0 spiro atoms. The van der Waals surface area contributed by atoms with E-state index in [1.54, 1.807) is 7.11 Å². The Balaban J connectivity index is 2.38. The van der Waals surface area contributed by atoms with Gasteiger partial charge in [0.2, 0.25) is 0 Å². The van der Waals surface area contributed by atoms with Crippen LogP contribution >= 0.6 is 27.5 Å². The van der Waals surface area contributed by atoms with Crippen LogP contribution in [-0.2, 0) is 12.0 Å². The van der Waals surface area contributed by atoms with Gasteiger partial charge in [0.25, 0.3) is 0 Å². The fraction of sp³-hybridized carbons (Fsp3) is 0.250. The minimum atomic E-state index is -0.516. The Bertz CT molecular complexity index is 613. The van der Waals surface area contributed by atoms with Gasteiger partial charge in [-0.3, -0.25) is 0 Å². The first-order valence-electron chi connectivity index (χ1n) is 6.30. The molecule has 0 amide bonds. The number of ether oxygens (including phenoxy) is 1. The lowest BCUT2D eigenvalue weighted by Gasteiger charge is -2.27. The van der Waals surface area contributed by atoms with Crippen LogP contribution in [-0.4, -0.2) is 7.11 Å². The minimum Gasteiger partial charge on any atom is -0.496 e. The highest BCUT2D eigenvalue weighted by atomic mass is 79.9. The summed E-state index contributed by atoms with van der Waals surface area (Å²) >= 11 is 9.63. The van der Waals surface area contributed by atoms with E-state index in [1.165, 1.54) is 0 Å². The predicted molar refractivity (Wildman–Crippen MR) is 87.4 cm³/mol. The lowest BCUT2D eigenvalue weighted by molar-refractivity contribution is 0.399. The van der Waals surface area contributed by atoms with Crippen LogP contribution in [0.4, 0.5) is 0 Å². The summed E-state index contributed by atoms with van der Waals surface area (Å²) in [7, 11) is 1.65. The highest BCUT2D eigenvalue weighted by molar-refractivity contribution is 9.10. The van der Waals surface area contributed by atoms with Gasteiger partial charge in [-0.25, -0.2) is 0 Å². The number of rotatable bonds is 4. The van der Waals surface area contributed by atoms with E-state index in [4.69, 9.17) is 22.1 Å². The third-order valence-corrected chi connectivity index (χ3v) is 4.22. The summed E-state index contributed by atoms with van der Waals surface area (Å²) in [6, 6.07) is 13.6. The van der Waals surface area contributed by atoms with Crippen LogP contribution in [0.2, 0.25) is 5.02 Å². The highest BCUT2D eigenvalue weighted by Gasteiger charge is 2.25. The van der Waals surface area contributed by atoms with Gasteiger partial charge in [0.05, 0.1) is 7.11 Å². The first kappa shape index (κ1) is 15.4. The topological polar surface area (TPSA) is 35.2 Å². The van der Waals surface area contributed by atoms with Gasteiger partial charge < -0.3 is 10.5 Å². The summed E-state index contributed by atoms with van der Waals surface area (Å²) in [6.45, 7) is 2.01. The molecule has 0 saturated carbocycles. The fourth-order valence-corrected chi connectivity index (χ4v) is 3.23. The molecule has 0 aliphatic carbocycles. The highest BCUT2D eigenvalue weighted by Crippen LogP contribution is 2.33. The van der Waals surface area contributed by atoms with E-state index < -0.39 is 5.54 Å². The maximum absolute atomic E-state index is 6.52. The maximum Gasteiger partial charge on any atom is 0.122 e. The molecule has 2 N–H and O–H groups in total. The number of methoxy groups -OCH3 is 1. The van der Waals surface area contributed by atoms with Gasteiger partial charge in [0, 0.05) is 15.0 Å². The molecule has 0 saturated heterocycles. The summed E-state index contributed by atoms with van der Waals surface area (Å²) in [5.74, 6) is 0.804. The van der Waals surface area contributed by atoms with Crippen molar-refractivity contribution in [3.63, 3.8) is 0 Å². The van der Waals surface area contributed by atoms with Gasteiger partial charge in [-0.05, 0) is 48.7 Å². The van der Waals surface area contributed by atoms with E-state index in [-0.39, 0.29) is 0 Å². The lowest BCUT2D eigenvalue weighted by Crippen LogP contribution is -2.36. The summed E-state index contributed by atoms with van der Waals surface area (Å²) < 4.78 is 6.39. The summed E-state index contributed by atoms with van der Waals surface area (Å²) in [4.78, 5) is 0. The molecule has 4 heteroatoms. The lowest BCUT2D eigenvalue weighted by atomic mass is 9.86. The van der Waals surface area contributed by atoms with Crippen LogP contribution in [0.3, 0.4) is 0 Å². The Labute approximate surface area is 133 Å². The van der Waals surface area contributed by atoms with Gasteiger partial charge in [-0.2, -0.15) is 0 Å². The van der Waals surface area contributed by atoms with Crippen molar-refractivity contribution in [3.8, 4) is 5.75 Å². The molecule has 20 heavy (non-hydrogen) atoms. The van der Waals surface area contributed by atoms with Gasteiger partial charge >= 0.3 is 0 Å².